The van der Waals surface area contributed by atoms with E-state index in [1.54, 1.807) is 23.7 Å². The minimum absolute atomic E-state index is 0.146. The van der Waals surface area contributed by atoms with E-state index in [-0.39, 0.29) is 30.2 Å². The van der Waals surface area contributed by atoms with Crippen LogP contribution >= 0.6 is 0 Å². The van der Waals surface area contributed by atoms with Gasteiger partial charge in [-0.25, -0.2) is 13.9 Å². The molecule has 4 amide bonds. The first-order valence-electron chi connectivity index (χ1n) is 10.1. The molecule has 8 nitrogen and oxygen atoms in total. The molecule has 30 heavy (non-hydrogen) atoms. The maximum absolute atomic E-state index is 13.1. The molecule has 2 aromatic rings. The number of halogens is 1. The molecule has 0 bridgehead atoms. The van der Waals surface area contributed by atoms with Gasteiger partial charge in [0.1, 0.15) is 11.4 Å². The van der Waals surface area contributed by atoms with Crippen molar-refractivity contribution in [2.24, 2.45) is 0 Å². The van der Waals surface area contributed by atoms with Gasteiger partial charge in [-0.05, 0) is 50.5 Å². The average Bonchev–Trinajstić information content (AvgIpc) is 3.40. The fourth-order valence-electron chi connectivity index (χ4n) is 4.21. The molecule has 1 aromatic heterocycles. The third kappa shape index (κ3) is 3.55. The molecular formula is C21H24FN5O3. The van der Waals surface area contributed by atoms with Gasteiger partial charge in [0.05, 0.1) is 23.1 Å². The summed E-state index contributed by atoms with van der Waals surface area (Å²) in [7, 11) is 0. The molecule has 2 aliphatic rings. The maximum Gasteiger partial charge on any atom is 0.325 e. The zero-order chi connectivity index (χ0) is 21.3. The second-order valence-electron chi connectivity index (χ2n) is 7.82. The summed E-state index contributed by atoms with van der Waals surface area (Å²) in [5.41, 5.74) is 1.01. The van der Waals surface area contributed by atoms with Crippen molar-refractivity contribution in [2.75, 3.05) is 13.1 Å². The Bertz CT molecular complexity index is 979. The molecule has 1 aliphatic carbocycles. The number of rotatable bonds is 6. The Morgan fingerprint density at radius 1 is 1.23 bits per heavy atom. The molecule has 9 heteroatoms. The number of nitrogens with zero attached hydrogens (tertiary/aromatic N) is 3. The minimum atomic E-state index is -0.702. The zero-order valence-electron chi connectivity index (χ0n) is 16.8. The quantitative estimate of drug-likeness (QED) is 0.561. The first-order valence-corrected chi connectivity index (χ1v) is 10.1. The fraction of sp³-hybridized carbons (Fsp3) is 0.429. The predicted octanol–water partition coefficient (Wildman–Crippen LogP) is 2.30. The maximum atomic E-state index is 13.1. The molecule has 1 aliphatic heterocycles. The van der Waals surface area contributed by atoms with Gasteiger partial charge in [0, 0.05) is 13.1 Å². The second kappa shape index (κ2) is 7.89. The molecule has 2 N–H and O–H groups in total. The first kappa shape index (κ1) is 20.1. The van der Waals surface area contributed by atoms with Gasteiger partial charge in [0.15, 0.2) is 0 Å². The van der Waals surface area contributed by atoms with Crippen LogP contribution in [0, 0.1) is 12.7 Å². The van der Waals surface area contributed by atoms with Crippen LogP contribution in [0.4, 0.5) is 9.18 Å². The molecule has 1 aromatic carbocycles. The van der Waals surface area contributed by atoms with Crippen molar-refractivity contribution in [1.82, 2.24) is 25.3 Å². The molecule has 0 atom stereocenters. The van der Waals surface area contributed by atoms with Crippen LogP contribution in [0.1, 0.15) is 48.2 Å². The van der Waals surface area contributed by atoms with Crippen LogP contribution in [0.15, 0.2) is 30.5 Å². The topological polar surface area (TPSA) is 96.3 Å². The van der Waals surface area contributed by atoms with E-state index in [0.717, 1.165) is 12.8 Å². The fourth-order valence-corrected chi connectivity index (χ4v) is 4.21. The van der Waals surface area contributed by atoms with Crippen molar-refractivity contribution in [1.29, 1.82) is 0 Å². The number of benzene rings is 1. The van der Waals surface area contributed by atoms with Crippen LogP contribution in [-0.4, -0.2) is 51.2 Å². The van der Waals surface area contributed by atoms with E-state index < -0.39 is 5.54 Å². The summed E-state index contributed by atoms with van der Waals surface area (Å²) < 4.78 is 14.7. The molecule has 4 rings (SSSR count). The van der Waals surface area contributed by atoms with Crippen LogP contribution in [0.25, 0.3) is 5.69 Å². The number of hydrogen-bond donors (Lipinski definition) is 2. The number of nitrogens with one attached hydrogen (secondary N) is 2. The van der Waals surface area contributed by atoms with E-state index in [1.165, 1.54) is 23.2 Å². The summed E-state index contributed by atoms with van der Waals surface area (Å²) in [5.74, 6) is -0.774. The summed E-state index contributed by atoms with van der Waals surface area (Å²) >= 11 is 0. The minimum Gasteiger partial charge on any atom is -0.352 e. The summed E-state index contributed by atoms with van der Waals surface area (Å²) in [4.78, 5) is 38.6. The third-order valence-electron chi connectivity index (χ3n) is 5.87. The normalized spacial score (nSPS) is 17.6. The largest absolute Gasteiger partial charge is 0.352 e. The van der Waals surface area contributed by atoms with Gasteiger partial charge in [0.2, 0.25) is 0 Å². The molecule has 1 spiro atoms. The van der Waals surface area contributed by atoms with E-state index in [0.29, 0.717) is 42.8 Å². The molecule has 2 heterocycles. The molecule has 0 radical (unpaired) electrons. The number of imide groups is 1. The van der Waals surface area contributed by atoms with Crippen molar-refractivity contribution in [3.63, 3.8) is 0 Å². The molecule has 1 saturated heterocycles. The van der Waals surface area contributed by atoms with E-state index in [4.69, 9.17) is 0 Å². The Hall–Kier alpha value is -3.23. The van der Waals surface area contributed by atoms with Crippen LogP contribution in [0.3, 0.4) is 0 Å². The number of carbonyl (C=O) groups is 3. The molecule has 1 saturated carbocycles. The highest BCUT2D eigenvalue weighted by Gasteiger charge is 2.51. The van der Waals surface area contributed by atoms with Gasteiger partial charge in [-0.2, -0.15) is 5.10 Å². The van der Waals surface area contributed by atoms with Gasteiger partial charge < -0.3 is 10.6 Å². The van der Waals surface area contributed by atoms with Crippen molar-refractivity contribution in [3.8, 4) is 5.69 Å². The van der Waals surface area contributed by atoms with E-state index in [9.17, 15) is 18.8 Å². The summed E-state index contributed by atoms with van der Waals surface area (Å²) in [6.07, 6.45) is 5.22. The summed E-state index contributed by atoms with van der Waals surface area (Å²) in [5, 5.41) is 9.87. The number of hydrogen-bond acceptors (Lipinski definition) is 4. The number of carbonyl (C=O) groups excluding carboxylic acids is 3. The first-order chi connectivity index (χ1) is 14.4. The summed E-state index contributed by atoms with van der Waals surface area (Å²) in [6, 6.07) is 5.51. The van der Waals surface area contributed by atoms with Gasteiger partial charge >= 0.3 is 6.03 Å². The van der Waals surface area contributed by atoms with E-state index in [1.807, 2.05) is 0 Å². The lowest BCUT2D eigenvalue weighted by Gasteiger charge is -2.20. The van der Waals surface area contributed by atoms with Gasteiger partial charge in [0.25, 0.3) is 11.8 Å². The average molecular weight is 413 g/mol. The Balaban J connectivity index is 1.31. The van der Waals surface area contributed by atoms with Gasteiger partial charge in [-0.15, -0.1) is 0 Å². The predicted molar refractivity (Wildman–Crippen MR) is 107 cm³/mol. The van der Waals surface area contributed by atoms with Crippen LogP contribution in [-0.2, 0) is 4.79 Å². The smallest absolute Gasteiger partial charge is 0.325 e. The van der Waals surface area contributed by atoms with Crippen molar-refractivity contribution in [2.45, 2.75) is 44.6 Å². The van der Waals surface area contributed by atoms with Crippen LogP contribution < -0.4 is 10.6 Å². The summed E-state index contributed by atoms with van der Waals surface area (Å²) in [6.45, 7) is 2.35. The Labute approximate surface area is 173 Å². The van der Waals surface area contributed by atoms with Crippen LogP contribution in [0.5, 0.6) is 0 Å². The third-order valence-corrected chi connectivity index (χ3v) is 5.87. The molecular weight excluding hydrogens is 389 g/mol. The van der Waals surface area contributed by atoms with Crippen LogP contribution in [0.2, 0.25) is 0 Å². The van der Waals surface area contributed by atoms with Gasteiger partial charge in [-0.1, -0.05) is 12.8 Å². The van der Waals surface area contributed by atoms with Crippen molar-refractivity contribution >= 4 is 17.8 Å². The Kier molecular flexibility index (Phi) is 5.27. The molecule has 2 fully saturated rings. The SMILES string of the molecule is Cc1c(C(=O)NCCCN2C(=O)NC3(CCCC3)C2=O)cnn1-c1ccc(F)cc1. The highest BCUT2D eigenvalue weighted by molar-refractivity contribution is 6.07. The number of urea groups is 1. The highest BCUT2D eigenvalue weighted by Crippen LogP contribution is 2.34. The van der Waals surface area contributed by atoms with Crippen molar-refractivity contribution in [3.05, 3.63) is 47.5 Å². The zero-order valence-corrected chi connectivity index (χ0v) is 16.8. The number of aromatic nitrogens is 2. The van der Waals surface area contributed by atoms with E-state index in [2.05, 4.69) is 15.7 Å². The second-order valence-corrected chi connectivity index (χ2v) is 7.82. The molecule has 158 valence electrons. The van der Waals surface area contributed by atoms with E-state index >= 15 is 0 Å². The standard InChI is InChI=1S/C21H24FN5O3/c1-14-17(13-24-27(14)16-7-5-15(22)6-8-16)18(28)23-11-4-12-26-19(29)21(25-20(26)30)9-2-3-10-21/h5-8,13H,2-4,9-12H2,1H3,(H,23,28)(H,25,30). The number of amides is 4. The molecule has 0 unspecified atom stereocenters. The highest BCUT2D eigenvalue weighted by atomic mass is 19.1. The lowest BCUT2D eigenvalue weighted by molar-refractivity contribution is -0.131. The lowest BCUT2D eigenvalue weighted by atomic mass is 9.98. The lowest BCUT2D eigenvalue weighted by Crippen LogP contribution is -2.44. The van der Waals surface area contributed by atoms with Gasteiger partial charge in [-0.3, -0.25) is 14.5 Å². The monoisotopic (exact) mass is 413 g/mol. The Morgan fingerprint density at radius 2 is 1.93 bits per heavy atom. The van der Waals surface area contributed by atoms with Crippen molar-refractivity contribution < 1.29 is 18.8 Å². The Morgan fingerprint density at radius 3 is 2.63 bits per heavy atom.